The van der Waals surface area contributed by atoms with Gasteiger partial charge in [0.05, 0.1) is 11.7 Å². The zero-order valence-corrected chi connectivity index (χ0v) is 9.78. The molecular weight excluding hydrogens is 232 g/mol. The number of primary amides is 1. The molecule has 1 amide bonds. The van der Waals surface area contributed by atoms with Gasteiger partial charge in [-0.05, 0) is 13.0 Å². The van der Waals surface area contributed by atoms with Gasteiger partial charge < -0.3 is 15.8 Å². The van der Waals surface area contributed by atoms with E-state index in [0.717, 1.165) is 0 Å². The van der Waals surface area contributed by atoms with Crippen LogP contribution in [0.3, 0.4) is 0 Å². The molecular formula is C9H13ClN4O2. The van der Waals surface area contributed by atoms with Crippen molar-refractivity contribution < 1.29 is 9.53 Å². The summed E-state index contributed by atoms with van der Waals surface area (Å²) in [5.74, 6) is -0.301. The molecule has 1 aromatic heterocycles. The van der Waals surface area contributed by atoms with Crippen LogP contribution in [0, 0.1) is 0 Å². The van der Waals surface area contributed by atoms with Crippen LogP contribution in [0.1, 0.15) is 17.3 Å². The summed E-state index contributed by atoms with van der Waals surface area (Å²) in [6.45, 7) is 2.37. The number of nitrogens with one attached hydrogen (secondary N) is 1. The lowest BCUT2D eigenvalue weighted by molar-refractivity contribution is 0.1000. The molecule has 0 aliphatic heterocycles. The lowest BCUT2D eigenvalue weighted by Gasteiger charge is -2.12. The summed E-state index contributed by atoms with van der Waals surface area (Å²) >= 11 is 5.62. The Labute approximate surface area is 98.1 Å². The number of hydrogen-bond donors (Lipinski definition) is 2. The molecule has 0 radical (unpaired) electrons. The van der Waals surface area contributed by atoms with Crippen LogP contribution in [0.2, 0.25) is 5.15 Å². The van der Waals surface area contributed by atoms with Crippen LogP contribution in [0.25, 0.3) is 0 Å². The maximum Gasteiger partial charge on any atom is 0.252 e. The number of nitrogens with two attached hydrogens (primary N) is 1. The third kappa shape index (κ3) is 3.32. The Bertz CT molecular complexity index is 386. The third-order valence-corrected chi connectivity index (χ3v) is 2.17. The Kier molecular flexibility index (Phi) is 4.45. The van der Waals surface area contributed by atoms with E-state index in [-0.39, 0.29) is 16.8 Å². The fourth-order valence-corrected chi connectivity index (χ4v) is 1.16. The van der Waals surface area contributed by atoms with Crippen molar-refractivity contribution in [3.63, 3.8) is 0 Å². The molecule has 1 rings (SSSR count). The highest BCUT2D eigenvalue weighted by Gasteiger charge is 2.12. The predicted octanol–water partition coefficient (Wildman–Crippen LogP) is 0.676. The normalized spacial score (nSPS) is 12.2. The summed E-state index contributed by atoms with van der Waals surface area (Å²) in [5.41, 5.74) is 5.40. The predicted molar refractivity (Wildman–Crippen MR) is 60.5 cm³/mol. The number of halogens is 1. The Hall–Kier alpha value is -1.40. The number of carbonyl (C=O) groups is 1. The molecule has 0 saturated carbocycles. The molecule has 0 spiro atoms. The van der Waals surface area contributed by atoms with Crippen LogP contribution in [-0.2, 0) is 4.74 Å². The lowest BCUT2D eigenvalue weighted by atomic mass is 10.2. The van der Waals surface area contributed by atoms with Crippen molar-refractivity contribution in [2.45, 2.75) is 13.0 Å². The second-order valence-corrected chi connectivity index (χ2v) is 3.61. The van der Waals surface area contributed by atoms with Gasteiger partial charge in [0.2, 0.25) is 0 Å². The Morgan fingerprint density at radius 2 is 2.38 bits per heavy atom. The maximum absolute atomic E-state index is 11.1. The number of aromatic nitrogens is 2. The van der Waals surface area contributed by atoms with Crippen LogP contribution in [-0.4, -0.2) is 35.9 Å². The summed E-state index contributed by atoms with van der Waals surface area (Å²) in [4.78, 5) is 11.1. The molecule has 1 unspecified atom stereocenters. The van der Waals surface area contributed by atoms with Crippen LogP contribution >= 0.6 is 11.6 Å². The van der Waals surface area contributed by atoms with Gasteiger partial charge in [0, 0.05) is 13.7 Å². The van der Waals surface area contributed by atoms with E-state index >= 15 is 0 Å². The second-order valence-electron chi connectivity index (χ2n) is 3.22. The molecule has 1 heterocycles. The van der Waals surface area contributed by atoms with Gasteiger partial charge in [0.15, 0.2) is 11.0 Å². The van der Waals surface area contributed by atoms with Crippen molar-refractivity contribution in [2.75, 3.05) is 19.0 Å². The fourth-order valence-electron chi connectivity index (χ4n) is 1.01. The summed E-state index contributed by atoms with van der Waals surface area (Å²) in [5, 5.41) is 10.4. The van der Waals surface area contributed by atoms with Gasteiger partial charge in [-0.2, -0.15) is 0 Å². The van der Waals surface area contributed by atoms with Crippen molar-refractivity contribution in [3.05, 3.63) is 16.8 Å². The average Bonchev–Trinajstić information content (AvgIpc) is 2.26. The summed E-state index contributed by atoms with van der Waals surface area (Å²) in [6.07, 6.45) is -0.0156. The summed E-state index contributed by atoms with van der Waals surface area (Å²) in [6, 6.07) is 1.37. The quantitative estimate of drug-likeness (QED) is 0.795. The monoisotopic (exact) mass is 244 g/mol. The van der Waals surface area contributed by atoms with Crippen LogP contribution in [0.4, 0.5) is 5.82 Å². The largest absolute Gasteiger partial charge is 0.380 e. The van der Waals surface area contributed by atoms with Crippen molar-refractivity contribution in [1.29, 1.82) is 0 Å². The third-order valence-electron chi connectivity index (χ3n) is 1.99. The molecule has 3 N–H and O–H groups in total. The Balaban J connectivity index is 2.82. The van der Waals surface area contributed by atoms with Gasteiger partial charge in [0.1, 0.15) is 0 Å². The van der Waals surface area contributed by atoms with E-state index < -0.39 is 5.91 Å². The number of rotatable bonds is 5. The Morgan fingerprint density at radius 1 is 1.69 bits per heavy atom. The van der Waals surface area contributed by atoms with Crippen molar-refractivity contribution in [1.82, 2.24) is 10.2 Å². The highest BCUT2D eigenvalue weighted by Crippen LogP contribution is 2.14. The number of anilines is 1. The van der Waals surface area contributed by atoms with Crippen molar-refractivity contribution in [3.8, 4) is 0 Å². The van der Waals surface area contributed by atoms with E-state index in [0.29, 0.717) is 12.4 Å². The smallest absolute Gasteiger partial charge is 0.252 e. The zero-order valence-electron chi connectivity index (χ0n) is 9.03. The lowest BCUT2D eigenvalue weighted by Crippen LogP contribution is -2.22. The van der Waals surface area contributed by atoms with Crippen molar-refractivity contribution in [2.24, 2.45) is 5.73 Å². The van der Waals surface area contributed by atoms with E-state index in [2.05, 4.69) is 15.5 Å². The van der Waals surface area contributed by atoms with Gasteiger partial charge >= 0.3 is 0 Å². The molecule has 0 aliphatic rings. The first-order valence-corrected chi connectivity index (χ1v) is 5.02. The Morgan fingerprint density at radius 3 is 2.94 bits per heavy atom. The van der Waals surface area contributed by atoms with Crippen molar-refractivity contribution >= 4 is 23.3 Å². The topological polar surface area (TPSA) is 90.1 Å². The van der Waals surface area contributed by atoms with Gasteiger partial charge in [-0.25, -0.2) is 0 Å². The second kappa shape index (κ2) is 5.62. The number of nitrogens with zero attached hydrogens (tertiary/aromatic N) is 2. The van der Waals surface area contributed by atoms with Crippen LogP contribution in [0.5, 0.6) is 0 Å². The van der Waals surface area contributed by atoms with Gasteiger partial charge in [-0.3, -0.25) is 4.79 Å². The van der Waals surface area contributed by atoms with E-state index in [1.54, 1.807) is 7.11 Å². The number of carbonyl (C=O) groups excluding carboxylic acids is 1. The minimum atomic E-state index is -0.607. The minimum Gasteiger partial charge on any atom is -0.380 e. The molecule has 6 nitrogen and oxygen atoms in total. The van der Waals surface area contributed by atoms with E-state index in [1.807, 2.05) is 6.92 Å². The molecule has 16 heavy (non-hydrogen) atoms. The molecule has 0 aromatic carbocycles. The summed E-state index contributed by atoms with van der Waals surface area (Å²) in [7, 11) is 1.59. The molecule has 7 heteroatoms. The minimum absolute atomic E-state index is 0.0156. The molecule has 0 saturated heterocycles. The first kappa shape index (κ1) is 12.7. The highest BCUT2D eigenvalue weighted by atomic mass is 35.5. The molecule has 0 fully saturated rings. The van der Waals surface area contributed by atoms with Crippen LogP contribution < -0.4 is 11.1 Å². The number of amides is 1. The van der Waals surface area contributed by atoms with E-state index in [9.17, 15) is 4.79 Å². The average molecular weight is 245 g/mol. The molecule has 0 aliphatic carbocycles. The molecule has 1 aromatic rings. The SMILES string of the molecule is COC(C)CNc1nnc(Cl)cc1C(N)=O. The van der Waals surface area contributed by atoms with E-state index in [1.165, 1.54) is 6.07 Å². The van der Waals surface area contributed by atoms with Crippen LogP contribution in [0.15, 0.2) is 6.07 Å². The number of hydrogen-bond acceptors (Lipinski definition) is 5. The molecule has 88 valence electrons. The van der Waals surface area contributed by atoms with E-state index in [4.69, 9.17) is 22.1 Å². The molecule has 0 bridgehead atoms. The fraction of sp³-hybridized carbons (Fsp3) is 0.444. The summed E-state index contributed by atoms with van der Waals surface area (Å²) < 4.78 is 5.04. The van der Waals surface area contributed by atoms with Gasteiger partial charge in [-0.1, -0.05) is 11.6 Å². The number of ether oxygens (including phenoxy) is 1. The standard InChI is InChI=1S/C9H13ClN4O2/c1-5(16-2)4-12-9-6(8(11)15)3-7(10)13-14-9/h3,5H,4H2,1-2H3,(H2,11,15)(H,12,14). The first-order chi connectivity index (χ1) is 7.54. The molecule has 1 atom stereocenters. The number of methoxy groups -OCH3 is 1. The first-order valence-electron chi connectivity index (χ1n) is 4.64. The highest BCUT2D eigenvalue weighted by molar-refractivity contribution is 6.29. The zero-order chi connectivity index (χ0) is 12.1. The maximum atomic E-state index is 11.1. The van der Waals surface area contributed by atoms with Gasteiger partial charge in [0.25, 0.3) is 5.91 Å². The van der Waals surface area contributed by atoms with Gasteiger partial charge in [-0.15, -0.1) is 10.2 Å².